The predicted molar refractivity (Wildman–Crippen MR) is 58.6 cm³/mol. The molecule has 1 aliphatic heterocycles. The maximum absolute atomic E-state index is 5.75. The summed E-state index contributed by atoms with van der Waals surface area (Å²) in [6.07, 6.45) is 0. The number of nitrogens with zero attached hydrogens (tertiary/aromatic N) is 1. The Kier molecular flexibility index (Phi) is 2.71. The molecule has 14 heavy (non-hydrogen) atoms. The van der Waals surface area contributed by atoms with Crippen LogP contribution >= 0.6 is 11.6 Å². The maximum atomic E-state index is 5.75. The molecule has 2 nitrogen and oxygen atoms in total. The van der Waals surface area contributed by atoms with Crippen molar-refractivity contribution in [3.8, 4) is 11.8 Å². The van der Waals surface area contributed by atoms with Gasteiger partial charge in [-0.1, -0.05) is 17.5 Å². The minimum absolute atomic E-state index is 0.729. The van der Waals surface area contributed by atoms with E-state index in [1.54, 1.807) is 0 Å². The van der Waals surface area contributed by atoms with Crippen LogP contribution in [0.25, 0.3) is 0 Å². The Morgan fingerprint density at radius 3 is 2.64 bits per heavy atom. The third-order valence-electron chi connectivity index (χ3n) is 1.84. The molecule has 0 radical (unpaired) electrons. The van der Waals surface area contributed by atoms with Gasteiger partial charge in [0, 0.05) is 17.1 Å². The first-order chi connectivity index (χ1) is 6.84. The molecule has 1 aromatic rings. The third-order valence-corrected chi connectivity index (χ3v) is 2.10. The molecule has 0 unspecified atom stereocenters. The van der Waals surface area contributed by atoms with Crippen molar-refractivity contribution < 1.29 is 0 Å². The van der Waals surface area contributed by atoms with Gasteiger partial charge in [-0.05, 0) is 30.2 Å². The highest BCUT2D eigenvalue weighted by molar-refractivity contribution is 6.30. The van der Waals surface area contributed by atoms with Crippen LogP contribution in [-0.4, -0.2) is 18.9 Å². The molecule has 0 aromatic heterocycles. The van der Waals surface area contributed by atoms with Crippen LogP contribution in [0.2, 0.25) is 5.02 Å². The SMILES string of the molecule is Clc1ccc(C#CC2=NCCN2)cc1. The topological polar surface area (TPSA) is 24.4 Å². The lowest BCUT2D eigenvalue weighted by atomic mass is 10.2. The zero-order chi connectivity index (χ0) is 9.80. The van der Waals surface area contributed by atoms with Gasteiger partial charge in [-0.25, -0.2) is 0 Å². The van der Waals surface area contributed by atoms with E-state index in [0.29, 0.717) is 0 Å². The Morgan fingerprint density at radius 1 is 1.21 bits per heavy atom. The fourth-order valence-corrected chi connectivity index (χ4v) is 1.27. The Bertz CT molecular complexity index is 409. The van der Waals surface area contributed by atoms with E-state index in [1.165, 1.54) is 0 Å². The first kappa shape index (κ1) is 9.11. The standard InChI is InChI=1S/C11H9ClN2/c12-10-4-1-9(2-5-10)3-6-11-13-7-8-14-11/h1-2,4-5H,7-8H2,(H,13,14). The molecule has 0 bridgehead atoms. The summed E-state index contributed by atoms with van der Waals surface area (Å²) in [5.41, 5.74) is 0.950. The van der Waals surface area contributed by atoms with Crippen LogP contribution in [-0.2, 0) is 0 Å². The molecule has 1 aromatic carbocycles. The second-order valence-electron chi connectivity index (χ2n) is 2.91. The van der Waals surface area contributed by atoms with Gasteiger partial charge in [0.15, 0.2) is 5.84 Å². The van der Waals surface area contributed by atoms with E-state index in [1.807, 2.05) is 24.3 Å². The molecule has 0 aliphatic carbocycles. The van der Waals surface area contributed by atoms with Crippen LogP contribution in [0.4, 0.5) is 0 Å². The highest BCUT2D eigenvalue weighted by Crippen LogP contribution is 2.08. The first-order valence-electron chi connectivity index (χ1n) is 4.40. The fourth-order valence-electron chi connectivity index (χ4n) is 1.15. The van der Waals surface area contributed by atoms with E-state index in [0.717, 1.165) is 29.5 Å². The van der Waals surface area contributed by atoms with Crippen molar-refractivity contribution in [2.45, 2.75) is 0 Å². The lowest BCUT2D eigenvalue weighted by molar-refractivity contribution is 0.962. The molecule has 0 spiro atoms. The van der Waals surface area contributed by atoms with Gasteiger partial charge in [-0.3, -0.25) is 4.99 Å². The zero-order valence-electron chi connectivity index (χ0n) is 7.55. The van der Waals surface area contributed by atoms with E-state index < -0.39 is 0 Å². The van der Waals surface area contributed by atoms with Gasteiger partial charge in [0.2, 0.25) is 0 Å². The van der Waals surface area contributed by atoms with Crippen molar-refractivity contribution in [2.24, 2.45) is 4.99 Å². The number of aliphatic imine (C=N–C) groups is 1. The molecule has 70 valence electrons. The number of rotatable bonds is 0. The molecule has 1 aliphatic rings. The molecule has 2 rings (SSSR count). The second kappa shape index (κ2) is 4.17. The second-order valence-corrected chi connectivity index (χ2v) is 3.35. The summed E-state index contributed by atoms with van der Waals surface area (Å²) in [6.45, 7) is 1.72. The number of hydrogen-bond acceptors (Lipinski definition) is 2. The van der Waals surface area contributed by atoms with Crippen molar-refractivity contribution in [2.75, 3.05) is 13.1 Å². The highest BCUT2D eigenvalue weighted by atomic mass is 35.5. The van der Waals surface area contributed by atoms with Crippen molar-refractivity contribution in [1.82, 2.24) is 5.32 Å². The molecule has 0 saturated carbocycles. The van der Waals surface area contributed by atoms with Gasteiger partial charge in [-0.2, -0.15) is 0 Å². The van der Waals surface area contributed by atoms with Gasteiger partial charge < -0.3 is 5.32 Å². The van der Waals surface area contributed by atoms with Crippen LogP contribution < -0.4 is 5.32 Å². The number of nitrogens with one attached hydrogen (secondary N) is 1. The van der Waals surface area contributed by atoms with Crippen molar-refractivity contribution in [3.05, 3.63) is 34.9 Å². The summed E-state index contributed by atoms with van der Waals surface area (Å²) >= 11 is 5.75. The molecular weight excluding hydrogens is 196 g/mol. The van der Waals surface area contributed by atoms with Gasteiger partial charge >= 0.3 is 0 Å². The van der Waals surface area contributed by atoms with Gasteiger partial charge in [0.25, 0.3) is 0 Å². The number of amidine groups is 1. The van der Waals surface area contributed by atoms with Gasteiger partial charge in [0.05, 0.1) is 6.54 Å². The summed E-state index contributed by atoms with van der Waals surface area (Å²) < 4.78 is 0. The van der Waals surface area contributed by atoms with Crippen LogP contribution in [0, 0.1) is 11.8 Å². The number of hydrogen-bond donors (Lipinski definition) is 1. The number of halogens is 1. The van der Waals surface area contributed by atoms with Gasteiger partial charge in [0.1, 0.15) is 0 Å². The van der Waals surface area contributed by atoms with Crippen LogP contribution in [0.5, 0.6) is 0 Å². The summed E-state index contributed by atoms with van der Waals surface area (Å²) in [4.78, 5) is 4.17. The zero-order valence-corrected chi connectivity index (χ0v) is 8.30. The normalized spacial score (nSPS) is 13.9. The molecule has 0 amide bonds. The molecule has 3 heteroatoms. The smallest absolute Gasteiger partial charge is 0.174 e. The van der Waals surface area contributed by atoms with E-state index in [9.17, 15) is 0 Å². The van der Waals surface area contributed by atoms with Gasteiger partial charge in [-0.15, -0.1) is 0 Å². The predicted octanol–water partition coefficient (Wildman–Crippen LogP) is 1.69. The summed E-state index contributed by atoms with van der Waals surface area (Å²) in [6, 6.07) is 7.45. The van der Waals surface area contributed by atoms with Crippen molar-refractivity contribution in [3.63, 3.8) is 0 Å². The van der Waals surface area contributed by atoms with Crippen LogP contribution in [0.1, 0.15) is 5.56 Å². The minimum Gasteiger partial charge on any atom is -0.361 e. The maximum Gasteiger partial charge on any atom is 0.174 e. The number of benzene rings is 1. The van der Waals surface area contributed by atoms with E-state index in [4.69, 9.17) is 11.6 Å². The molecule has 1 N–H and O–H groups in total. The Balaban J connectivity index is 2.13. The van der Waals surface area contributed by atoms with Crippen molar-refractivity contribution >= 4 is 17.4 Å². The average molecular weight is 205 g/mol. The summed E-state index contributed by atoms with van der Waals surface area (Å²) in [5, 5.41) is 3.82. The molecule has 0 saturated heterocycles. The molecule has 0 fully saturated rings. The first-order valence-corrected chi connectivity index (χ1v) is 4.78. The van der Waals surface area contributed by atoms with E-state index >= 15 is 0 Å². The largest absolute Gasteiger partial charge is 0.361 e. The van der Waals surface area contributed by atoms with E-state index in [2.05, 4.69) is 22.2 Å². The summed E-state index contributed by atoms with van der Waals surface area (Å²) in [5.74, 6) is 6.75. The summed E-state index contributed by atoms with van der Waals surface area (Å²) in [7, 11) is 0. The molecule has 0 atom stereocenters. The lowest BCUT2D eigenvalue weighted by Crippen LogP contribution is -2.16. The fraction of sp³-hybridized carbons (Fsp3) is 0.182. The Morgan fingerprint density at radius 2 is 2.00 bits per heavy atom. The molecular formula is C11H9ClN2. The highest BCUT2D eigenvalue weighted by Gasteiger charge is 1.99. The lowest BCUT2D eigenvalue weighted by Gasteiger charge is -1.91. The minimum atomic E-state index is 0.729. The third kappa shape index (κ3) is 2.27. The van der Waals surface area contributed by atoms with E-state index in [-0.39, 0.29) is 0 Å². The molecule has 1 heterocycles. The van der Waals surface area contributed by atoms with Crippen LogP contribution in [0.15, 0.2) is 29.3 Å². The van der Waals surface area contributed by atoms with Crippen molar-refractivity contribution in [1.29, 1.82) is 0 Å². The monoisotopic (exact) mass is 204 g/mol. The Labute approximate surface area is 88.0 Å². The van der Waals surface area contributed by atoms with Crippen LogP contribution in [0.3, 0.4) is 0 Å². The quantitative estimate of drug-likeness (QED) is 0.640. The average Bonchev–Trinajstić information content (AvgIpc) is 2.70. The Hall–Kier alpha value is -1.46.